The fraction of sp³-hybridized carbons (Fsp3) is 0.833. The van der Waals surface area contributed by atoms with Crippen molar-refractivity contribution in [1.82, 2.24) is 0 Å². The van der Waals surface area contributed by atoms with Crippen molar-refractivity contribution in [2.24, 2.45) is 5.92 Å². The summed E-state index contributed by atoms with van der Waals surface area (Å²) in [6.07, 6.45) is -1.46. The number of hydrogen-bond donors (Lipinski definition) is 0. The lowest BCUT2D eigenvalue weighted by Gasteiger charge is -2.02. The molecule has 1 nitrogen and oxygen atoms in total. The fourth-order valence-corrected chi connectivity index (χ4v) is 1.06. The van der Waals surface area contributed by atoms with Crippen LogP contribution in [-0.2, 0) is 4.79 Å². The summed E-state index contributed by atoms with van der Waals surface area (Å²) in [5.74, 6) is -0.655. The SMILES string of the molecule is O=C1CCC(C(F)F)C1. The first kappa shape index (κ1) is 6.65. The summed E-state index contributed by atoms with van der Waals surface area (Å²) in [6.45, 7) is 0. The largest absolute Gasteiger partial charge is 0.300 e. The van der Waals surface area contributed by atoms with Gasteiger partial charge in [-0.25, -0.2) is 8.78 Å². The van der Waals surface area contributed by atoms with Gasteiger partial charge in [0.2, 0.25) is 6.43 Å². The van der Waals surface area contributed by atoms with E-state index in [1.807, 2.05) is 0 Å². The first-order chi connectivity index (χ1) is 4.20. The Morgan fingerprint density at radius 3 is 2.44 bits per heavy atom. The van der Waals surface area contributed by atoms with Gasteiger partial charge in [0.05, 0.1) is 0 Å². The molecule has 0 aromatic carbocycles. The van der Waals surface area contributed by atoms with Crippen LogP contribution < -0.4 is 0 Å². The Hall–Kier alpha value is -0.470. The van der Waals surface area contributed by atoms with Crippen LogP contribution in [0.1, 0.15) is 19.3 Å². The van der Waals surface area contributed by atoms with Crippen LogP contribution >= 0.6 is 0 Å². The number of ketones is 1. The second kappa shape index (κ2) is 2.42. The van der Waals surface area contributed by atoms with E-state index in [0.717, 1.165) is 0 Å². The molecule has 0 bridgehead atoms. The van der Waals surface area contributed by atoms with Gasteiger partial charge in [-0.1, -0.05) is 0 Å². The van der Waals surface area contributed by atoms with Gasteiger partial charge in [-0.15, -0.1) is 0 Å². The van der Waals surface area contributed by atoms with Crippen LogP contribution in [0.5, 0.6) is 0 Å². The maximum absolute atomic E-state index is 11.8. The molecule has 0 amide bonds. The zero-order valence-electron chi connectivity index (χ0n) is 4.94. The average Bonchev–Trinajstić information content (AvgIpc) is 2.14. The molecule has 0 N–H and O–H groups in total. The lowest BCUT2D eigenvalue weighted by molar-refractivity contribution is -0.118. The molecule has 1 aliphatic carbocycles. The highest BCUT2D eigenvalue weighted by atomic mass is 19.3. The van der Waals surface area contributed by atoms with E-state index in [1.54, 1.807) is 0 Å². The topological polar surface area (TPSA) is 17.1 Å². The monoisotopic (exact) mass is 134 g/mol. The molecule has 9 heavy (non-hydrogen) atoms. The second-order valence-electron chi connectivity index (χ2n) is 2.38. The third kappa shape index (κ3) is 1.47. The van der Waals surface area contributed by atoms with Gasteiger partial charge in [-0.05, 0) is 6.42 Å². The maximum atomic E-state index is 11.8. The van der Waals surface area contributed by atoms with Gasteiger partial charge < -0.3 is 0 Å². The van der Waals surface area contributed by atoms with Gasteiger partial charge in [0, 0.05) is 18.8 Å². The molecule has 52 valence electrons. The summed E-state index contributed by atoms with van der Waals surface area (Å²) in [6, 6.07) is 0. The number of carbonyl (C=O) groups is 1. The van der Waals surface area contributed by atoms with Gasteiger partial charge in [0.1, 0.15) is 5.78 Å². The van der Waals surface area contributed by atoms with Crippen molar-refractivity contribution in [2.45, 2.75) is 25.7 Å². The van der Waals surface area contributed by atoms with Crippen molar-refractivity contribution in [1.29, 1.82) is 0 Å². The molecule has 0 radical (unpaired) electrons. The molecule has 1 aliphatic rings. The van der Waals surface area contributed by atoms with Gasteiger partial charge in [-0.3, -0.25) is 4.79 Å². The van der Waals surface area contributed by atoms with Gasteiger partial charge in [-0.2, -0.15) is 0 Å². The van der Waals surface area contributed by atoms with Gasteiger partial charge in [0.25, 0.3) is 0 Å². The van der Waals surface area contributed by atoms with Crippen LogP contribution in [0.15, 0.2) is 0 Å². The number of rotatable bonds is 1. The standard InChI is InChI=1S/C6H8F2O/c7-6(8)4-1-2-5(9)3-4/h4,6H,1-3H2. The van der Waals surface area contributed by atoms with Crippen LogP contribution in [-0.4, -0.2) is 12.2 Å². The molecule has 0 aromatic heterocycles. The Morgan fingerprint density at radius 2 is 2.22 bits per heavy atom. The van der Waals surface area contributed by atoms with Crippen LogP contribution in [0.3, 0.4) is 0 Å². The molecule has 0 aromatic rings. The number of Topliss-reactive ketones (excluding diaryl/α,β-unsaturated/α-hetero) is 1. The number of hydrogen-bond acceptors (Lipinski definition) is 1. The number of halogens is 2. The van der Waals surface area contributed by atoms with Crippen molar-refractivity contribution >= 4 is 5.78 Å². The van der Waals surface area contributed by atoms with Gasteiger partial charge >= 0.3 is 0 Å². The van der Waals surface area contributed by atoms with E-state index in [9.17, 15) is 13.6 Å². The predicted molar refractivity (Wildman–Crippen MR) is 28.4 cm³/mol. The molecule has 0 spiro atoms. The first-order valence-corrected chi connectivity index (χ1v) is 3.00. The summed E-state index contributed by atoms with van der Waals surface area (Å²) in [4.78, 5) is 10.4. The highest BCUT2D eigenvalue weighted by Gasteiger charge is 2.28. The molecule has 0 heterocycles. The van der Waals surface area contributed by atoms with Crippen LogP contribution in [0.25, 0.3) is 0 Å². The molecule has 1 rings (SSSR count). The Morgan fingerprint density at radius 1 is 1.56 bits per heavy atom. The van der Waals surface area contributed by atoms with E-state index in [0.29, 0.717) is 12.8 Å². The van der Waals surface area contributed by atoms with E-state index < -0.39 is 12.3 Å². The van der Waals surface area contributed by atoms with E-state index in [2.05, 4.69) is 0 Å². The van der Waals surface area contributed by atoms with E-state index in [4.69, 9.17) is 0 Å². The van der Waals surface area contributed by atoms with Crippen LogP contribution in [0.4, 0.5) is 8.78 Å². The van der Waals surface area contributed by atoms with Gasteiger partial charge in [0.15, 0.2) is 0 Å². The smallest absolute Gasteiger partial charge is 0.241 e. The van der Waals surface area contributed by atoms with E-state index >= 15 is 0 Å². The maximum Gasteiger partial charge on any atom is 0.241 e. The highest BCUT2D eigenvalue weighted by molar-refractivity contribution is 5.80. The molecule has 1 fully saturated rings. The summed E-state index contributed by atoms with van der Waals surface area (Å²) < 4.78 is 23.5. The summed E-state index contributed by atoms with van der Waals surface area (Å²) >= 11 is 0. The third-order valence-electron chi connectivity index (χ3n) is 1.64. The molecular formula is C6H8F2O. The minimum atomic E-state index is -2.29. The van der Waals surface area contributed by atoms with Crippen molar-refractivity contribution in [3.63, 3.8) is 0 Å². The van der Waals surface area contributed by atoms with Crippen LogP contribution in [0.2, 0.25) is 0 Å². The Balaban J connectivity index is 2.39. The zero-order valence-corrected chi connectivity index (χ0v) is 4.94. The minimum absolute atomic E-state index is 0.0136. The molecular weight excluding hydrogens is 126 g/mol. The molecule has 3 heteroatoms. The minimum Gasteiger partial charge on any atom is -0.300 e. The third-order valence-corrected chi connectivity index (χ3v) is 1.64. The number of alkyl halides is 2. The predicted octanol–water partition coefficient (Wildman–Crippen LogP) is 1.62. The molecule has 1 atom stereocenters. The molecule has 0 aliphatic heterocycles. The number of carbonyl (C=O) groups excluding carboxylic acids is 1. The highest BCUT2D eigenvalue weighted by Crippen LogP contribution is 2.27. The van der Waals surface area contributed by atoms with Crippen molar-refractivity contribution in [2.75, 3.05) is 0 Å². The van der Waals surface area contributed by atoms with E-state index in [-0.39, 0.29) is 12.2 Å². The van der Waals surface area contributed by atoms with Crippen LogP contribution in [0, 0.1) is 5.92 Å². The molecule has 0 saturated heterocycles. The summed E-state index contributed by atoms with van der Waals surface area (Å²) in [5, 5.41) is 0. The van der Waals surface area contributed by atoms with Crippen molar-refractivity contribution in [3.05, 3.63) is 0 Å². The first-order valence-electron chi connectivity index (χ1n) is 3.00. The molecule has 1 unspecified atom stereocenters. The fourth-order valence-electron chi connectivity index (χ4n) is 1.06. The van der Waals surface area contributed by atoms with Crippen molar-refractivity contribution in [3.8, 4) is 0 Å². The zero-order chi connectivity index (χ0) is 6.85. The van der Waals surface area contributed by atoms with E-state index in [1.165, 1.54) is 0 Å². The normalized spacial score (nSPS) is 27.9. The summed E-state index contributed by atoms with van der Waals surface area (Å²) in [7, 11) is 0. The quantitative estimate of drug-likeness (QED) is 0.532. The Bertz CT molecular complexity index is 122. The average molecular weight is 134 g/mol. The Labute approximate surface area is 52.1 Å². The lowest BCUT2D eigenvalue weighted by Crippen LogP contribution is -2.06. The van der Waals surface area contributed by atoms with Crippen molar-refractivity contribution < 1.29 is 13.6 Å². The second-order valence-corrected chi connectivity index (χ2v) is 2.38. The summed E-state index contributed by atoms with van der Waals surface area (Å²) in [5.41, 5.74) is 0. The molecule has 1 saturated carbocycles. The Kier molecular flexibility index (Phi) is 1.78. The lowest BCUT2D eigenvalue weighted by atomic mass is 10.1.